The number of hydrogen-bond acceptors (Lipinski definition) is 5. The van der Waals surface area contributed by atoms with Crippen molar-refractivity contribution < 1.29 is 19.1 Å². The van der Waals surface area contributed by atoms with E-state index in [1.807, 2.05) is 66.7 Å². The number of nitrogens with one attached hydrogen (secondary N) is 2. The van der Waals surface area contributed by atoms with Gasteiger partial charge in [-0.25, -0.2) is 0 Å². The summed E-state index contributed by atoms with van der Waals surface area (Å²) in [7, 11) is -2.19. The van der Waals surface area contributed by atoms with Gasteiger partial charge < -0.3 is 24.6 Å². The van der Waals surface area contributed by atoms with E-state index >= 15 is 0 Å². The molecule has 0 aliphatic heterocycles. The fourth-order valence-corrected chi connectivity index (χ4v) is 6.18. The highest BCUT2D eigenvalue weighted by Gasteiger charge is 2.40. The molecule has 0 fully saturated rings. The van der Waals surface area contributed by atoms with Crippen LogP contribution in [0, 0.1) is 0 Å². The van der Waals surface area contributed by atoms with Gasteiger partial charge in [0.25, 0.3) is 0 Å². The van der Waals surface area contributed by atoms with E-state index in [9.17, 15) is 14.7 Å². The molecule has 1 heterocycles. The molecule has 4 aromatic rings. The van der Waals surface area contributed by atoms with Gasteiger partial charge >= 0.3 is 5.97 Å². The number of carbonyl (C=O) groups is 1. The van der Waals surface area contributed by atoms with Crippen LogP contribution < -0.4 is 15.6 Å². The minimum Gasteiger partial charge on any atom is -0.487 e. The highest BCUT2D eigenvalue weighted by atomic mass is 28.4. The number of aliphatic carboxylic acids is 1. The number of fused-ring (bicyclic) bond motifs is 1. The summed E-state index contributed by atoms with van der Waals surface area (Å²) in [6.45, 7) is 14.3. The topological polar surface area (TPSA) is 101 Å². The highest BCUT2D eigenvalue weighted by molar-refractivity contribution is 6.74. The number of benzene rings is 3. The Kier molecular flexibility index (Phi) is 10.3. The molecule has 4 rings (SSSR count). The van der Waals surface area contributed by atoms with Crippen LogP contribution in [0.3, 0.4) is 0 Å². The molecule has 0 aliphatic rings. The summed E-state index contributed by atoms with van der Waals surface area (Å²) in [5.74, 6) is -0.215. The molecule has 0 radical (unpaired) electrons. The molecule has 7 nitrogen and oxygen atoms in total. The number of pyridine rings is 1. The Balaban J connectivity index is 1.62. The zero-order valence-corrected chi connectivity index (χ0v) is 27.1. The Labute approximate surface area is 255 Å². The van der Waals surface area contributed by atoms with Crippen LogP contribution in [0.5, 0.6) is 5.75 Å². The van der Waals surface area contributed by atoms with Gasteiger partial charge in [-0.05, 0) is 65.9 Å². The second-order valence-corrected chi connectivity index (χ2v) is 17.6. The van der Waals surface area contributed by atoms with Crippen LogP contribution in [0.15, 0.2) is 83.7 Å². The molecule has 0 saturated carbocycles. The normalized spacial score (nSPS) is 13.5. The van der Waals surface area contributed by atoms with Crippen LogP contribution in [0.25, 0.3) is 10.9 Å². The van der Waals surface area contributed by atoms with Crippen LogP contribution in [-0.2, 0) is 28.7 Å². The Morgan fingerprint density at radius 3 is 2.35 bits per heavy atom. The molecular formula is C35H44N2O5Si. The predicted molar refractivity (Wildman–Crippen MR) is 175 cm³/mol. The van der Waals surface area contributed by atoms with Gasteiger partial charge in [-0.2, -0.15) is 0 Å². The van der Waals surface area contributed by atoms with Gasteiger partial charge in [-0.3, -0.25) is 9.59 Å². The summed E-state index contributed by atoms with van der Waals surface area (Å²) in [6, 6.07) is 25.2. The molecule has 228 valence electrons. The maximum Gasteiger partial charge on any atom is 0.307 e. The van der Waals surface area contributed by atoms with Crippen LogP contribution in [-0.4, -0.2) is 37.0 Å². The number of aromatic amines is 1. The quantitative estimate of drug-likeness (QED) is 0.143. The molecule has 0 amide bonds. The molecule has 43 heavy (non-hydrogen) atoms. The van der Waals surface area contributed by atoms with Crippen molar-refractivity contribution in [1.82, 2.24) is 10.3 Å². The third-order valence-corrected chi connectivity index (χ3v) is 12.7. The zero-order chi connectivity index (χ0) is 31.2. The Bertz CT molecular complexity index is 1590. The number of rotatable bonds is 13. The summed E-state index contributed by atoms with van der Waals surface area (Å²) in [6.07, 6.45) is 0.497. The molecule has 0 bridgehead atoms. The van der Waals surface area contributed by atoms with Gasteiger partial charge in [0, 0.05) is 24.0 Å². The summed E-state index contributed by atoms with van der Waals surface area (Å²) in [5.41, 5.74) is 4.39. The molecule has 1 aromatic heterocycles. The molecule has 0 unspecified atom stereocenters. The molecule has 3 N–H and O–H groups in total. The minimum absolute atomic E-state index is 0.00426. The third-order valence-electron chi connectivity index (χ3n) is 8.26. The lowest BCUT2D eigenvalue weighted by Gasteiger charge is -2.40. The smallest absolute Gasteiger partial charge is 0.307 e. The van der Waals surface area contributed by atoms with E-state index in [1.165, 1.54) is 0 Å². The van der Waals surface area contributed by atoms with E-state index < -0.39 is 14.3 Å². The highest BCUT2D eigenvalue weighted by Crippen LogP contribution is 2.41. The lowest BCUT2D eigenvalue weighted by molar-refractivity contribution is -0.136. The average molecular weight is 601 g/mol. The van der Waals surface area contributed by atoms with Crippen molar-refractivity contribution >= 4 is 25.2 Å². The Morgan fingerprint density at radius 1 is 0.953 bits per heavy atom. The lowest BCUT2D eigenvalue weighted by Crippen LogP contribution is -2.44. The average Bonchev–Trinajstić information content (AvgIpc) is 2.93. The molecule has 3 aromatic carbocycles. The van der Waals surface area contributed by atoms with Gasteiger partial charge in [0.05, 0.1) is 18.0 Å². The van der Waals surface area contributed by atoms with E-state index in [0.29, 0.717) is 24.4 Å². The molecule has 8 heteroatoms. The SMILES string of the molecule is C[C@H](Cc1cccc(CC(=O)O)c1)NC[C@H](O[Si](C)(C)C(C)(C)C)c1ccc(OCc2ccccc2)c2[nH]c(=O)ccc12. The first-order valence-electron chi connectivity index (χ1n) is 14.9. The van der Waals surface area contributed by atoms with Crippen molar-refractivity contribution in [2.75, 3.05) is 6.54 Å². The zero-order valence-electron chi connectivity index (χ0n) is 26.1. The van der Waals surface area contributed by atoms with Crippen molar-refractivity contribution in [3.05, 3.63) is 111 Å². The molecule has 2 atom stereocenters. The molecular weight excluding hydrogens is 556 g/mol. The summed E-state index contributed by atoms with van der Waals surface area (Å²) < 4.78 is 13.2. The maximum atomic E-state index is 12.4. The van der Waals surface area contributed by atoms with E-state index in [-0.39, 0.29) is 29.2 Å². The van der Waals surface area contributed by atoms with E-state index in [0.717, 1.165) is 34.1 Å². The van der Waals surface area contributed by atoms with Crippen LogP contribution in [0.1, 0.15) is 56.1 Å². The van der Waals surface area contributed by atoms with Gasteiger partial charge in [-0.15, -0.1) is 0 Å². The number of hydrogen-bond donors (Lipinski definition) is 3. The predicted octanol–water partition coefficient (Wildman–Crippen LogP) is 7.02. The number of H-pyrrole nitrogens is 1. The van der Waals surface area contributed by atoms with Crippen LogP contribution in [0.2, 0.25) is 18.1 Å². The van der Waals surface area contributed by atoms with Gasteiger partial charge in [0.15, 0.2) is 8.32 Å². The largest absolute Gasteiger partial charge is 0.487 e. The first-order chi connectivity index (χ1) is 20.3. The summed E-state index contributed by atoms with van der Waals surface area (Å²) in [4.78, 5) is 26.6. The first-order valence-corrected chi connectivity index (χ1v) is 17.8. The van der Waals surface area contributed by atoms with Crippen molar-refractivity contribution in [3.8, 4) is 5.75 Å². The van der Waals surface area contributed by atoms with Gasteiger partial charge in [0.2, 0.25) is 5.56 Å². The van der Waals surface area contributed by atoms with Crippen molar-refractivity contribution in [1.29, 1.82) is 0 Å². The summed E-state index contributed by atoms with van der Waals surface area (Å²) >= 11 is 0. The van der Waals surface area contributed by atoms with E-state index in [1.54, 1.807) is 6.07 Å². The van der Waals surface area contributed by atoms with Gasteiger partial charge in [-0.1, -0.05) is 81.4 Å². The summed E-state index contributed by atoms with van der Waals surface area (Å²) in [5, 5.41) is 13.8. The maximum absolute atomic E-state index is 12.4. The van der Waals surface area contributed by atoms with Gasteiger partial charge in [0.1, 0.15) is 12.4 Å². The van der Waals surface area contributed by atoms with E-state index in [2.05, 4.69) is 57.2 Å². The standard InChI is InChI=1S/C35H44N2O5Si/c1-24(19-26-13-10-14-27(20-26)21-33(39)40)36-22-31(42-43(5,6)35(2,3)4)28-15-17-30(34-29(28)16-18-32(38)37-34)41-23-25-11-8-7-9-12-25/h7-18,20,24,31,36H,19,21-23H2,1-6H3,(H,37,38)(H,39,40)/t24-,31+/m1/s1. The Hall–Kier alpha value is -3.72. The van der Waals surface area contributed by atoms with Crippen molar-refractivity contribution in [2.45, 2.75) is 77.4 Å². The molecule has 0 spiro atoms. The fourth-order valence-electron chi connectivity index (χ4n) is 4.91. The van der Waals surface area contributed by atoms with Crippen LogP contribution in [0.4, 0.5) is 0 Å². The minimum atomic E-state index is -2.19. The number of carboxylic acid groups (broad SMARTS) is 1. The number of ether oxygens (including phenoxy) is 1. The third kappa shape index (κ3) is 8.66. The monoisotopic (exact) mass is 600 g/mol. The molecule has 0 aliphatic carbocycles. The second kappa shape index (κ2) is 13.7. The molecule has 0 saturated heterocycles. The van der Waals surface area contributed by atoms with Crippen molar-refractivity contribution in [2.24, 2.45) is 0 Å². The lowest BCUT2D eigenvalue weighted by atomic mass is 10.0. The first kappa shape index (κ1) is 32.2. The fraction of sp³-hybridized carbons (Fsp3) is 0.371. The number of carboxylic acids is 1. The second-order valence-electron chi connectivity index (χ2n) is 12.8. The van der Waals surface area contributed by atoms with Crippen molar-refractivity contribution in [3.63, 3.8) is 0 Å². The number of aromatic nitrogens is 1. The van der Waals surface area contributed by atoms with E-state index in [4.69, 9.17) is 9.16 Å². The van der Waals surface area contributed by atoms with Crippen LogP contribution >= 0.6 is 0 Å². The Morgan fingerprint density at radius 2 is 1.65 bits per heavy atom.